The molecule has 13 rings (SSSR count). The Morgan fingerprint density at radius 1 is 0.500 bits per heavy atom. The topological polar surface area (TPSA) is 38.7 Å². The van der Waals surface area contributed by atoms with Crippen LogP contribution in [0.1, 0.15) is 26.3 Å². The molecule has 2 aliphatic rings. The first-order valence-electron chi connectivity index (χ1n) is 21.5. The first-order valence-corrected chi connectivity index (χ1v) is 21.5. The van der Waals surface area contributed by atoms with Crippen LogP contribution in [0.5, 0.6) is 0 Å². The zero-order chi connectivity index (χ0) is 42.0. The molecule has 0 amide bonds. The van der Waals surface area contributed by atoms with Crippen LogP contribution < -0.4 is 4.57 Å². The maximum absolute atomic E-state index is 6.71. The summed E-state index contributed by atoms with van der Waals surface area (Å²) in [7, 11) is 0. The van der Waals surface area contributed by atoms with E-state index in [0.717, 1.165) is 92.9 Å². The number of benzene rings is 8. The Hall–Kier alpha value is -7.33. The molecule has 0 spiro atoms. The van der Waals surface area contributed by atoms with Crippen molar-refractivity contribution < 1.29 is 30.0 Å². The van der Waals surface area contributed by atoms with Gasteiger partial charge in [0.1, 0.15) is 5.65 Å². The molecule has 0 aliphatic carbocycles. The summed E-state index contributed by atoms with van der Waals surface area (Å²) in [6, 6.07) is 70.2. The van der Waals surface area contributed by atoms with Gasteiger partial charge < -0.3 is 13.2 Å². The van der Waals surface area contributed by atoms with Crippen molar-refractivity contribution in [3.05, 3.63) is 200 Å². The summed E-state index contributed by atoms with van der Waals surface area (Å²) in [4.78, 5) is 5.63. The van der Waals surface area contributed by atoms with Crippen molar-refractivity contribution in [3.8, 4) is 5.69 Å². The molecule has 308 valence electrons. The molecule has 2 aliphatic heterocycles. The largest absolute Gasteiger partial charge is 0.510 e. The third kappa shape index (κ3) is 5.74. The van der Waals surface area contributed by atoms with Crippen LogP contribution in [-0.2, 0) is 26.5 Å². The second-order valence-electron chi connectivity index (χ2n) is 17.6. The number of aromatic nitrogens is 4. The van der Waals surface area contributed by atoms with E-state index in [-0.39, 0.29) is 26.5 Å². The molecule has 8 bridgehead atoms. The van der Waals surface area contributed by atoms with Crippen LogP contribution >= 0.6 is 0 Å². The van der Waals surface area contributed by atoms with E-state index in [4.69, 9.17) is 9.40 Å². The molecule has 0 fully saturated rings. The van der Waals surface area contributed by atoms with Gasteiger partial charge in [-0.05, 0) is 83.2 Å². The number of para-hydroxylation sites is 3. The van der Waals surface area contributed by atoms with E-state index in [1.165, 1.54) is 16.3 Å². The van der Waals surface area contributed by atoms with Gasteiger partial charge in [-0.2, -0.15) is 18.2 Å². The number of imidazole rings is 1. The van der Waals surface area contributed by atoms with E-state index in [0.29, 0.717) is 11.2 Å². The minimum atomic E-state index is -0.182. The molecule has 0 radical (unpaired) electrons. The SMILES string of the molecule is CC(C)(C)c1cc2nc(c1)n1c3[c-]c(ccc3c3ccccc31)oc1[c-]c(ccc1)n1[c-][n+]3c4c(cccc41)c1ccccc1c1ccccc1c1cccc(c1-3)c1ccccc21.[Pt]. The van der Waals surface area contributed by atoms with Gasteiger partial charge in [0.15, 0.2) is 0 Å². The van der Waals surface area contributed by atoms with Gasteiger partial charge >= 0.3 is 0 Å². The van der Waals surface area contributed by atoms with Gasteiger partial charge in [0.2, 0.25) is 0 Å². The number of hydrogen-bond donors (Lipinski definition) is 0. The molecule has 0 saturated carbocycles. The van der Waals surface area contributed by atoms with Crippen LogP contribution in [0, 0.1) is 18.5 Å². The Balaban J connectivity index is 0.00000433. The predicted octanol–water partition coefficient (Wildman–Crippen LogP) is 14.2. The molecule has 0 saturated heterocycles. The van der Waals surface area contributed by atoms with Crippen LogP contribution in [0.2, 0.25) is 0 Å². The number of rotatable bonds is 0. The molecule has 0 atom stereocenters. The summed E-state index contributed by atoms with van der Waals surface area (Å²) in [5, 5.41) is 12.3. The van der Waals surface area contributed by atoms with Gasteiger partial charge in [0.25, 0.3) is 6.33 Å². The van der Waals surface area contributed by atoms with Gasteiger partial charge in [-0.15, -0.1) is 29.7 Å². The molecule has 8 aromatic carbocycles. The second kappa shape index (κ2) is 14.4. The van der Waals surface area contributed by atoms with Crippen molar-refractivity contribution in [1.82, 2.24) is 13.8 Å². The molecule has 3 aromatic heterocycles. The van der Waals surface area contributed by atoms with E-state index >= 15 is 0 Å². The quantitative estimate of drug-likeness (QED) is 0.112. The maximum atomic E-state index is 6.71. The summed E-state index contributed by atoms with van der Waals surface area (Å²) in [6.07, 6.45) is 3.92. The summed E-state index contributed by atoms with van der Waals surface area (Å²) < 4.78 is 13.4. The predicted molar refractivity (Wildman–Crippen MR) is 259 cm³/mol. The van der Waals surface area contributed by atoms with Crippen LogP contribution in [0.25, 0.3) is 115 Å². The molecule has 0 N–H and O–H groups in total. The Morgan fingerprint density at radius 2 is 1.05 bits per heavy atom. The average Bonchev–Trinajstić information content (AvgIpc) is 3.87. The van der Waals surface area contributed by atoms with Crippen molar-refractivity contribution in [2.75, 3.05) is 0 Å². The number of hydrogen-bond acceptors (Lipinski definition) is 2. The summed E-state index contributed by atoms with van der Waals surface area (Å²) in [5.74, 6) is 0. The fourth-order valence-electron chi connectivity index (χ4n) is 9.90. The Bertz CT molecular complexity index is 4210. The van der Waals surface area contributed by atoms with Gasteiger partial charge in [0.05, 0.1) is 22.2 Å². The van der Waals surface area contributed by atoms with Crippen LogP contribution in [0.4, 0.5) is 0 Å². The third-order valence-corrected chi connectivity index (χ3v) is 12.8. The van der Waals surface area contributed by atoms with Gasteiger partial charge in [-0.1, -0.05) is 154 Å². The Labute approximate surface area is 382 Å². The average molecular weight is 1000 g/mol. The second-order valence-corrected chi connectivity index (χ2v) is 17.6. The molecule has 11 aromatic rings. The zero-order valence-electron chi connectivity index (χ0n) is 35.3. The first-order chi connectivity index (χ1) is 30.9. The van der Waals surface area contributed by atoms with Gasteiger partial charge in [-0.3, -0.25) is 4.57 Å². The van der Waals surface area contributed by atoms with Gasteiger partial charge in [-0.25, -0.2) is 4.98 Å². The monoisotopic (exact) mass is 1000 g/mol. The fourth-order valence-corrected chi connectivity index (χ4v) is 9.90. The van der Waals surface area contributed by atoms with Crippen molar-refractivity contribution in [1.29, 1.82) is 0 Å². The smallest absolute Gasteiger partial charge is 0.268 e. The molecule has 64 heavy (non-hydrogen) atoms. The van der Waals surface area contributed by atoms with E-state index in [1.807, 2.05) is 18.2 Å². The van der Waals surface area contributed by atoms with Crippen molar-refractivity contribution in [3.63, 3.8) is 0 Å². The summed E-state index contributed by atoms with van der Waals surface area (Å²) in [6.45, 7) is 6.81. The maximum Gasteiger partial charge on any atom is 0.268 e. The number of pyridine rings is 1. The van der Waals surface area contributed by atoms with Crippen molar-refractivity contribution in [2.45, 2.75) is 26.2 Å². The molecule has 5 heterocycles. The molecular formula is C58H38N4OPt-2. The molecule has 5 nitrogen and oxygen atoms in total. The number of fused-ring (bicyclic) bond motifs is 20. The minimum Gasteiger partial charge on any atom is -0.510 e. The Kier molecular flexibility index (Phi) is 8.60. The van der Waals surface area contributed by atoms with E-state index in [1.54, 1.807) is 0 Å². The Morgan fingerprint density at radius 3 is 1.77 bits per heavy atom. The van der Waals surface area contributed by atoms with Crippen LogP contribution in [0.15, 0.2) is 180 Å². The molecular weight excluding hydrogens is 964 g/mol. The standard InChI is InChI=1S/C58H38N4O.Pt/c1-58(2,3)36-31-51-45-22-9-8-21-44(45)49-25-13-24-48-42-19-6-4-17-40(42)41-18-5-7-20-43(41)50-26-14-28-53-57(50)61(56(48)49)35-60(53)37-15-12-16-38(33-37)63-39-29-30-47-46-23-10-11-27-52(46)62(54(47)34-39)55(32-36)59-51;/h4-32H,1-3H3;/q-2;. The third-order valence-electron chi connectivity index (χ3n) is 12.8. The zero-order valence-corrected chi connectivity index (χ0v) is 37.5. The molecule has 6 heteroatoms. The van der Waals surface area contributed by atoms with E-state index in [2.05, 4.69) is 210 Å². The van der Waals surface area contributed by atoms with Crippen LogP contribution in [-0.4, -0.2) is 13.8 Å². The fraction of sp³-hybridized carbons (Fsp3) is 0.0690. The number of nitrogens with zero attached hydrogens (tertiary/aromatic N) is 4. The summed E-state index contributed by atoms with van der Waals surface area (Å²) in [5.41, 5.74) is 9.71. The first kappa shape index (κ1) is 38.4. The minimum absolute atomic E-state index is 0. The van der Waals surface area contributed by atoms with E-state index < -0.39 is 0 Å². The van der Waals surface area contributed by atoms with Crippen molar-refractivity contribution >= 4 is 109 Å². The van der Waals surface area contributed by atoms with E-state index in [9.17, 15) is 0 Å². The molecule has 0 unspecified atom stereocenters. The summed E-state index contributed by atoms with van der Waals surface area (Å²) >= 11 is 0. The van der Waals surface area contributed by atoms with Gasteiger partial charge in [0, 0.05) is 43.1 Å². The van der Waals surface area contributed by atoms with Crippen molar-refractivity contribution in [2.24, 2.45) is 0 Å². The normalized spacial score (nSPS) is 12.2. The van der Waals surface area contributed by atoms with Crippen LogP contribution in [0.3, 0.4) is 0 Å².